The Balaban J connectivity index is 0.00000169. The summed E-state index contributed by atoms with van der Waals surface area (Å²) in [7, 11) is -4.53. The van der Waals surface area contributed by atoms with Gasteiger partial charge < -0.3 is 14.4 Å². The summed E-state index contributed by atoms with van der Waals surface area (Å²) in [6, 6.07) is 9.01. The van der Waals surface area contributed by atoms with Crippen molar-refractivity contribution < 1.29 is 23.9 Å². The first-order valence-corrected chi connectivity index (χ1v) is 5.34. The molecule has 0 radical (unpaired) electrons. The minimum absolute atomic E-state index is 0. The molecule has 1 unspecified atom stereocenters. The van der Waals surface area contributed by atoms with Gasteiger partial charge in [0.25, 0.3) is 0 Å². The molecular formula is C7H13O5PSi. The molecule has 0 heterocycles. The summed E-state index contributed by atoms with van der Waals surface area (Å²) in [6.07, 6.45) is 0. The molecule has 5 nitrogen and oxygen atoms in total. The molecule has 1 aromatic carbocycles. The zero-order valence-electron chi connectivity index (χ0n) is 7.46. The number of hydrogen-bond donors (Lipinski definition) is 3. The third-order valence-corrected chi connectivity index (χ3v) is 1.58. The van der Waals surface area contributed by atoms with Crippen LogP contribution in [0.1, 0.15) is 5.56 Å². The van der Waals surface area contributed by atoms with Gasteiger partial charge in [-0.05, 0) is 5.56 Å². The maximum absolute atomic E-state index is 8.40. The highest BCUT2D eigenvalue weighted by Gasteiger charge is 2.32. The molecule has 0 aliphatic carbocycles. The molecule has 0 aliphatic heterocycles. The summed E-state index contributed by atoms with van der Waals surface area (Å²) in [4.78, 5) is 29.6. The molecule has 14 heavy (non-hydrogen) atoms. The van der Waals surface area contributed by atoms with Gasteiger partial charge in [0.05, 0.1) is 0 Å². The van der Waals surface area contributed by atoms with Crippen LogP contribution in [0.2, 0.25) is 0 Å². The molecule has 0 saturated heterocycles. The monoisotopic (exact) mass is 236 g/mol. The van der Waals surface area contributed by atoms with Crippen molar-refractivity contribution >= 4 is 18.9 Å². The van der Waals surface area contributed by atoms with E-state index in [0.29, 0.717) is 0 Å². The smallest absolute Gasteiger partial charge is 0.366 e. The Morgan fingerprint density at radius 3 is 2.14 bits per heavy atom. The van der Waals surface area contributed by atoms with E-state index in [4.69, 9.17) is 14.4 Å². The first-order valence-electron chi connectivity index (χ1n) is 3.59. The minimum Gasteiger partial charge on any atom is -0.366 e. The van der Waals surface area contributed by atoms with E-state index in [9.17, 15) is 0 Å². The number of benzene rings is 1. The van der Waals surface area contributed by atoms with Crippen LogP contribution in [0.4, 0.5) is 0 Å². The van der Waals surface area contributed by atoms with Gasteiger partial charge in [0.1, 0.15) is 6.61 Å². The Morgan fingerprint density at radius 2 is 1.64 bits per heavy atom. The van der Waals surface area contributed by atoms with Crippen LogP contribution in [-0.2, 0) is 16.1 Å². The van der Waals surface area contributed by atoms with Crippen LogP contribution < -0.4 is 0 Å². The van der Waals surface area contributed by atoms with E-state index in [-0.39, 0.29) is 16.5 Å². The highest BCUT2D eigenvalue weighted by atomic mass is 31.0. The summed E-state index contributed by atoms with van der Waals surface area (Å²) >= 11 is 0. The van der Waals surface area contributed by atoms with Gasteiger partial charge in [0.2, 0.25) is 0 Å². The fourth-order valence-electron chi connectivity index (χ4n) is 0.751. The quantitative estimate of drug-likeness (QED) is 0.287. The lowest BCUT2D eigenvalue weighted by Crippen LogP contribution is -2.38. The zero-order valence-corrected chi connectivity index (χ0v) is 9.87. The van der Waals surface area contributed by atoms with E-state index in [1.165, 1.54) is 0 Å². The molecule has 0 aromatic heterocycles. The topological polar surface area (TPSA) is 79.2 Å². The predicted octanol–water partition coefficient (Wildman–Crippen LogP) is -0.395. The van der Waals surface area contributed by atoms with Gasteiger partial charge in [-0.2, -0.15) is 14.5 Å². The largest absolute Gasteiger partial charge is 0.699 e. The van der Waals surface area contributed by atoms with Gasteiger partial charge in [-0.15, -0.1) is 0 Å². The molecule has 7 heteroatoms. The van der Waals surface area contributed by atoms with Crippen molar-refractivity contribution in [1.82, 2.24) is 0 Å². The Hall–Kier alpha value is -0.333. The van der Waals surface area contributed by atoms with E-state index in [1.807, 2.05) is 6.07 Å². The summed E-state index contributed by atoms with van der Waals surface area (Å²) in [5.74, 6) is 0. The summed E-state index contributed by atoms with van der Waals surface area (Å²) in [6.45, 7) is 0.0528. The van der Waals surface area contributed by atoms with E-state index in [1.54, 1.807) is 24.3 Å². The highest BCUT2D eigenvalue weighted by molar-refractivity contribution is 6.92. The predicted molar refractivity (Wildman–Crippen MR) is 55.8 cm³/mol. The standard InChI is InChI=1S/C7H10O5Si.H3P/c8-13(9,10)12-11-6-7-4-2-1-3-5-7;/h1-5,8-10H,6H2;1H3. The molecule has 0 amide bonds. The van der Waals surface area contributed by atoms with Crippen LogP contribution in [-0.4, -0.2) is 23.4 Å². The maximum Gasteiger partial charge on any atom is 0.699 e. The van der Waals surface area contributed by atoms with Gasteiger partial charge in [0.15, 0.2) is 0 Å². The van der Waals surface area contributed by atoms with Crippen molar-refractivity contribution in [1.29, 1.82) is 0 Å². The van der Waals surface area contributed by atoms with E-state index >= 15 is 0 Å². The second-order valence-corrected chi connectivity index (χ2v) is 3.72. The molecular weight excluding hydrogens is 223 g/mol. The van der Waals surface area contributed by atoms with E-state index in [0.717, 1.165) is 5.56 Å². The third-order valence-electron chi connectivity index (χ3n) is 1.24. The SMILES string of the molecule is O[Si](O)(O)OOCc1ccccc1.P. The van der Waals surface area contributed by atoms with Gasteiger partial charge in [-0.25, -0.2) is 4.89 Å². The molecule has 1 atom stereocenters. The van der Waals surface area contributed by atoms with E-state index < -0.39 is 9.05 Å². The van der Waals surface area contributed by atoms with Crippen LogP contribution in [0.15, 0.2) is 30.3 Å². The van der Waals surface area contributed by atoms with Gasteiger partial charge in [-0.3, -0.25) is 0 Å². The zero-order chi connectivity index (χ0) is 9.73. The molecule has 0 spiro atoms. The van der Waals surface area contributed by atoms with Gasteiger partial charge >= 0.3 is 9.05 Å². The molecule has 3 N–H and O–H groups in total. The second kappa shape index (κ2) is 6.21. The Bertz CT molecular complexity index is 250. The van der Waals surface area contributed by atoms with Gasteiger partial charge in [-0.1, -0.05) is 30.3 Å². The minimum atomic E-state index is -4.53. The fourth-order valence-corrected chi connectivity index (χ4v) is 0.968. The Labute approximate surface area is 86.0 Å². The highest BCUT2D eigenvalue weighted by Crippen LogP contribution is 2.02. The summed E-state index contributed by atoms with van der Waals surface area (Å²) < 4.78 is 3.94. The molecule has 1 aromatic rings. The van der Waals surface area contributed by atoms with Crippen molar-refractivity contribution in [3.8, 4) is 0 Å². The second-order valence-electron chi connectivity index (χ2n) is 2.40. The average molecular weight is 236 g/mol. The third kappa shape index (κ3) is 6.17. The Morgan fingerprint density at radius 1 is 1.07 bits per heavy atom. The Kier molecular flexibility index (Phi) is 6.06. The number of hydrogen-bond acceptors (Lipinski definition) is 5. The summed E-state index contributed by atoms with van der Waals surface area (Å²) in [5, 5.41) is 0. The first-order chi connectivity index (χ1) is 6.08. The lowest BCUT2D eigenvalue weighted by molar-refractivity contribution is -0.270. The lowest BCUT2D eigenvalue weighted by atomic mass is 10.2. The van der Waals surface area contributed by atoms with Gasteiger partial charge in [0, 0.05) is 0 Å². The normalized spacial score (nSPS) is 10.8. The van der Waals surface area contributed by atoms with Crippen LogP contribution in [0, 0.1) is 0 Å². The maximum atomic E-state index is 8.40. The van der Waals surface area contributed by atoms with Crippen molar-refractivity contribution in [2.24, 2.45) is 0 Å². The average Bonchev–Trinajstić information content (AvgIpc) is 2.04. The van der Waals surface area contributed by atoms with Crippen molar-refractivity contribution in [3.63, 3.8) is 0 Å². The first kappa shape index (κ1) is 13.7. The summed E-state index contributed by atoms with van der Waals surface area (Å²) in [5.41, 5.74) is 0.806. The van der Waals surface area contributed by atoms with Crippen LogP contribution in [0.5, 0.6) is 0 Å². The van der Waals surface area contributed by atoms with Crippen molar-refractivity contribution in [3.05, 3.63) is 35.9 Å². The van der Waals surface area contributed by atoms with Crippen LogP contribution in [0.25, 0.3) is 0 Å². The van der Waals surface area contributed by atoms with Crippen LogP contribution >= 0.6 is 9.90 Å². The van der Waals surface area contributed by atoms with E-state index in [2.05, 4.69) is 9.46 Å². The number of rotatable bonds is 4. The van der Waals surface area contributed by atoms with Crippen LogP contribution in [0.3, 0.4) is 0 Å². The molecule has 0 fully saturated rings. The molecule has 80 valence electrons. The van der Waals surface area contributed by atoms with Crippen molar-refractivity contribution in [2.75, 3.05) is 0 Å². The molecule has 0 aliphatic rings. The fraction of sp³-hybridized carbons (Fsp3) is 0.143. The lowest BCUT2D eigenvalue weighted by Gasteiger charge is -2.08. The molecule has 0 bridgehead atoms. The molecule has 0 saturated carbocycles. The van der Waals surface area contributed by atoms with Crippen molar-refractivity contribution in [2.45, 2.75) is 6.61 Å². The molecule has 1 rings (SSSR count).